The Bertz CT molecular complexity index is 288. The summed E-state index contributed by atoms with van der Waals surface area (Å²) in [5, 5.41) is 0. The van der Waals surface area contributed by atoms with Crippen LogP contribution in [0.15, 0.2) is 12.3 Å². The van der Waals surface area contributed by atoms with E-state index in [1.165, 1.54) is 0 Å². The molecule has 1 aromatic heterocycles. The highest BCUT2D eigenvalue weighted by molar-refractivity contribution is 5.28. The highest BCUT2D eigenvalue weighted by Gasteiger charge is 2.16. The van der Waals surface area contributed by atoms with Gasteiger partial charge in [-0.1, -0.05) is 0 Å². The first-order valence-corrected chi connectivity index (χ1v) is 4.21. The third kappa shape index (κ3) is 2.39. The molecule has 0 atom stereocenters. The molecular formula is C9H16N4. The summed E-state index contributed by atoms with van der Waals surface area (Å²) in [6.07, 6.45) is 1.73. The van der Waals surface area contributed by atoms with Crippen LogP contribution in [0.1, 0.15) is 19.5 Å². The summed E-state index contributed by atoms with van der Waals surface area (Å²) in [7, 11) is 3.81. The molecule has 0 unspecified atom stereocenters. The monoisotopic (exact) mass is 180 g/mol. The highest BCUT2D eigenvalue weighted by atomic mass is 15.2. The van der Waals surface area contributed by atoms with Gasteiger partial charge in [0.1, 0.15) is 0 Å². The average molecular weight is 180 g/mol. The predicted octanol–water partition coefficient (Wildman–Crippen LogP) is 0.736. The van der Waals surface area contributed by atoms with Gasteiger partial charge in [0.25, 0.3) is 0 Å². The lowest BCUT2D eigenvalue weighted by Crippen LogP contribution is -2.30. The lowest BCUT2D eigenvalue weighted by molar-refractivity contribution is 0.533. The second-order valence-electron chi connectivity index (χ2n) is 3.86. The normalized spacial score (nSPS) is 11.5. The summed E-state index contributed by atoms with van der Waals surface area (Å²) < 4.78 is 0. The SMILES string of the molecule is CN(C)c1nccc(C(C)(C)N)n1. The summed E-state index contributed by atoms with van der Waals surface area (Å²) in [6.45, 7) is 3.85. The molecule has 0 fully saturated rings. The second-order valence-corrected chi connectivity index (χ2v) is 3.86. The van der Waals surface area contributed by atoms with Crippen LogP contribution in [-0.4, -0.2) is 24.1 Å². The van der Waals surface area contributed by atoms with E-state index in [0.29, 0.717) is 5.95 Å². The van der Waals surface area contributed by atoms with Crippen molar-refractivity contribution in [3.8, 4) is 0 Å². The topological polar surface area (TPSA) is 55.0 Å². The van der Waals surface area contributed by atoms with Gasteiger partial charge in [-0.05, 0) is 19.9 Å². The van der Waals surface area contributed by atoms with Crippen molar-refractivity contribution in [3.05, 3.63) is 18.0 Å². The smallest absolute Gasteiger partial charge is 0.225 e. The molecule has 1 aromatic rings. The molecule has 0 aliphatic rings. The first-order valence-electron chi connectivity index (χ1n) is 4.21. The number of aromatic nitrogens is 2. The van der Waals surface area contributed by atoms with E-state index in [4.69, 9.17) is 5.73 Å². The van der Waals surface area contributed by atoms with Gasteiger partial charge in [0.05, 0.1) is 11.2 Å². The summed E-state index contributed by atoms with van der Waals surface area (Å²) in [6, 6.07) is 1.84. The van der Waals surface area contributed by atoms with E-state index in [2.05, 4.69) is 9.97 Å². The van der Waals surface area contributed by atoms with Crippen LogP contribution < -0.4 is 10.6 Å². The number of nitrogens with two attached hydrogens (primary N) is 1. The van der Waals surface area contributed by atoms with Gasteiger partial charge >= 0.3 is 0 Å². The Morgan fingerprint density at radius 1 is 1.38 bits per heavy atom. The maximum Gasteiger partial charge on any atom is 0.225 e. The summed E-state index contributed by atoms with van der Waals surface area (Å²) in [5.74, 6) is 0.691. The standard InChI is InChI=1S/C9H16N4/c1-9(2,10)7-5-6-11-8(12-7)13(3)4/h5-6H,10H2,1-4H3. The molecule has 13 heavy (non-hydrogen) atoms. The number of rotatable bonds is 2. The summed E-state index contributed by atoms with van der Waals surface area (Å²) in [4.78, 5) is 10.3. The lowest BCUT2D eigenvalue weighted by atomic mass is 10.0. The van der Waals surface area contributed by atoms with Crippen LogP contribution in [0, 0.1) is 0 Å². The molecule has 0 saturated heterocycles. The molecule has 0 saturated carbocycles. The fraction of sp³-hybridized carbons (Fsp3) is 0.556. The van der Waals surface area contributed by atoms with Crippen molar-refractivity contribution in [2.45, 2.75) is 19.4 Å². The average Bonchev–Trinajstić information content (AvgIpc) is 2.03. The van der Waals surface area contributed by atoms with Crippen LogP contribution >= 0.6 is 0 Å². The van der Waals surface area contributed by atoms with E-state index in [9.17, 15) is 0 Å². The highest BCUT2D eigenvalue weighted by Crippen LogP contribution is 2.15. The molecule has 0 aliphatic carbocycles. The molecule has 0 spiro atoms. The van der Waals surface area contributed by atoms with Gasteiger partial charge in [0, 0.05) is 20.3 Å². The molecule has 1 rings (SSSR count). The number of hydrogen-bond acceptors (Lipinski definition) is 4. The third-order valence-corrected chi connectivity index (χ3v) is 1.70. The number of hydrogen-bond donors (Lipinski definition) is 1. The first kappa shape index (κ1) is 9.92. The van der Waals surface area contributed by atoms with Crippen molar-refractivity contribution in [3.63, 3.8) is 0 Å². The molecule has 0 radical (unpaired) electrons. The zero-order valence-corrected chi connectivity index (χ0v) is 8.57. The summed E-state index contributed by atoms with van der Waals surface area (Å²) >= 11 is 0. The second kappa shape index (κ2) is 3.30. The van der Waals surface area contributed by atoms with Crippen LogP contribution in [-0.2, 0) is 5.54 Å². The van der Waals surface area contributed by atoms with Gasteiger partial charge in [-0.3, -0.25) is 0 Å². The molecule has 4 nitrogen and oxygen atoms in total. The molecular weight excluding hydrogens is 164 g/mol. The van der Waals surface area contributed by atoms with Crippen LogP contribution in [0.4, 0.5) is 5.95 Å². The van der Waals surface area contributed by atoms with Gasteiger partial charge in [0.15, 0.2) is 0 Å². The van der Waals surface area contributed by atoms with Crippen molar-refractivity contribution in [2.24, 2.45) is 5.73 Å². The molecule has 2 N–H and O–H groups in total. The predicted molar refractivity (Wildman–Crippen MR) is 53.6 cm³/mol. The zero-order chi connectivity index (χ0) is 10.1. The van der Waals surface area contributed by atoms with Gasteiger partial charge in [-0.15, -0.1) is 0 Å². The molecule has 72 valence electrons. The van der Waals surface area contributed by atoms with Gasteiger partial charge < -0.3 is 10.6 Å². The Balaban J connectivity index is 3.06. The molecule has 0 bridgehead atoms. The lowest BCUT2D eigenvalue weighted by Gasteiger charge is -2.19. The minimum absolute atomic E-state index is 0.409. The van der Waals surface area contributed by atoms with Crippen LogP contribution in [0.3, 0.4) is 0 Å². The Kier molecular flexibility index (Phi) is 2.52. The van der Waals surface area contributed by atoms with E-state index in [-0.39, 0.29) is 0 Å². The molecule has 4 heteroatoms. The Morgan fingerprint density at radius 3 is 2.46 bits per heavy atom. The minimum atomic E-state index is -0.409. The van der Waals surface area contributed by atoms with Gasteiger partial charge in [-0.2, -0.15) is 0 Å². The molecule has 1 heterocycles. The molecule has 0 aromatic carbocycles. The molecule has 0 aliphatic heterocycles. The quantitative estimate of drug-likeness (QED) is 0.729. The van der Waals surface area contributed by atoms with E-state index < -0.39 is 5.54 Å². The maximum atomic E-state index is 5.92. The van der Waals surface area contributed by atoms with Gasteiger partial charge in [-0.25, -0.2) is 9.97 Å². The van der Waals surface area contributed by atoms with Crippen molar-refractivity contribution >= 4 is 5.95 Å². The third-order valence-electron chi connectivity index (χ3n) is 1.70. The zero-order valence-electron chi connectivity index (χ0n) is 8.57. The first-order chi connectivity index (χ1) is 5.91. The number of nitrogens with zero attached hydrogens (tertiary/aromatic N) is 3. The fourth-order valence-electron chi connectivity index (χ4n) is 0.923. The minimum Gasteiger partial charge on any atom is -0.347 e. The Labute approximate surface area is 78.8 Å². The Hall–Kier alpha value is -1.16. The maximum absolute atomic E-state index is 5.92. The van der Waals surface area contributed by atoms with Crippen molar-refractivity contribution < 1.29 is 0 Å². The molecule has 0 amide bonds. The van der Waals surface area contributed by atoms with Gasteiger partial charge in [0.2, 0.25) is 5.95 Å². The number of anilines is 1. The van der Waals surface area contributed by atoms with Crippen molar-refractivity contribution in [1.82, 2.24) is 9.97 Å². The van der Waals surface area contributed by atoms with Crippen LogP contribution in [0.2, 0.25) is 0 Å². The van der Waals surface area contributed by atoms with Crippen LogP contribution in [0.5, 0.6) is 0 Å². The van der Waals surface area contributed by atoms with Crippen LogP contribution in [0.25, 0.3) is 0 Å². The summed E-state index contributed by atoms with van der Waals surface area (Å²) in [5.41, 5.74) is 6.36. The fourth-order valence-corrected chi connectivity index (χ4v) is 0.923. The van der Waals surface area contributed by atoms with Crippen molar-refractivity contribution in [2.75, 3.05) is 19.0 Å². The van der Waals surface area contributed by atoms with Crippen molar-refractivity contribution in [1.29, 1.82) is 0 Å². The van der Waals surface area contributed by atoms with E-state index >= 15 is 0 Å². The van der Waals surface area contributed by atoms with E-state index in [1.807, 2.05) is 38.9 Å². The Morgan fingerprint density at radius 2 is 2.00 bits per heavy atom. The van der Waals surface area contributed by atoms with E-state index in [1.54, 1.807) is 6.20 Å². The largest absolute Gasteiger partial charge is 0.347 e. The van der Waals surface area contributed by atoms with E-state index in [0.717, 1.165) is 5.69 Å².